The third kappa shape index (κ3) is 9.27. The summed E-state index contributed by atoms with van der Waals surface area (Å²) in [6.45, 7) is 2.51. The van der Waals surface area contributed by atoms with Crippen LogP contribution in [-0.2, 0) is 15.8 Å². The highest BCUT2D eigenvalue weighted by Crippen LogP contribution is 2.37. The number of imidazole rings is 1. The van der Waals surface area contributed by atoms with Crippen molar-refractivity contribution in [1.82, 2.24) is 20.6 Å². The number of nitrogens with one attached hydrogen (secondary N) is 3. The van der Waals surface area contributed by atoms with Gasteiger partial charge in [0, 0.05) is 38.1 Å². The minimum Gasteiger partial charge on any atom is -0.359 e. The van der Waals surface area contributed by atoms with E-state index in [1.165, 1.54) is 23.4 Å². The Morgan fingerprint density at radius 1 is 1.02 bits per heavy atom. The molecule has 3 N–H and O–H groups in total. The number of carbonyl (C=O) groups is 2. The van der Waals surface area contributed by atoms with Crippen LogP contribution in [0.4, 0.5) is 18.9 Å². The van der Waals surface area contributed by atoms with Crippen LogP contribution in [0, 0.1) is 0 Å². The van der Waals surface area contributed by atoms with Crippen molar-refractivity contribution >= 4 is 23.2 Å². The quantitative estimate of drug-likeness (QED) is 0.162. The van der Waals surface area contributed by atoms with Gasteiger partial charge in [-0.25, -0.2) is 4.98 Å². The zero-order valence-electron chi connectivity index (χ0n) is 25.5. The largest absolute Gasteiger partial charge is 0.416 e. The van der Waals surface area contributed by atoms with E-state index in [-0.39, 0.29) is 23.7 Å². The lowest BCUT2D eigenvalue weighted by Crippen LogP contribution is -2.29. The van der Waals surface area contributed by atoms with Crippen LogP contribution in [0.2, 0.25) is 0 Å². The van der Waals surface area contributed by atoms with Gasteiger partial charge in [-0.3, -0.25) is 14.6 Å². The molecule has 0 saturated heterocycles. The molecule has 7 nitrogen and oxygen atoms in total. The van der Waals surface area contributed by atoms with Crippen molar-refractivity contribution in [1.29, 1.82) is 0 Å². The van der Waals surface area contributed by atoms with Crippen molar-refractivity contribution in [3.05, 3.63) is 71.7 Å². The molecule has 4 rings (SSSR count). The zero-order chi connectivity index (χ0) is 31.5. The number of halogens is 3. The fourth-order valence-corrected chi connectivity index (χ4v) is 5.69. The van der Waals surface area contributed by atoms with Gasteiger partial charge in [0.1, 0.15) is 5.82 Å². The fourth-order valence-electron chi connectivity index (χ4n) is 5.69. The summed E-state index contributed by atoms with van der Waals surface area (Å²) in [5.74, 6) is 0.809. The highest BCUT2D eigenvalue weighted by molar-refractivity contribution is 5.88. The van der Waals surface area contributed by atoms with E-state index in [4.69, 9.17) is 4.99 Å². The first-order valence-corrected chi connectivity index (χ1v) is 15.5. The Hall–Kier alpha value is -3.95. The van der Waals surface area contributed by atoms with E-state index in [1.807, 2.05) is 18.2 Å². The Kier molecular flexibility index (Phi) is 11.7. The molecule has 2 unspecified atom stereocenters. The molecule has 1 aliphatic heterocycles. The third-order valence-corrected chi connectivity index (χ3v) is 8.35. The van der Waals surface area contributed by atoms with E-state index < -0.39 is 11.7 Å². The predicted octanol–water partition coefficient (Wildman–Crippen LogP) is 7.83. The second-order valence-corrected chi connectivity index (χ2v) is 11.4. The molecule has 0 fully saturated rings. The number of aromatic nitrogens is 2. The van der Waals surface area contributed by atoms with Gasteiger partial charge in [-0.1, -0.05) is 50.1 Å². The van der Waals surface area contributed by atoms with Crippen molar-refractivity contribution in [2.45, 2.75) is 89.1 Å². The second kappa shape index (κ2) is 15.7. The van der Waals surface area contributed by atoms with Gasteiger partial charge >= 0.3 is 6.18 Å². The average molecular weight is 610 g/mol. The lowest BCUT2D eigenvalue weighted by molar-refractivity contribution is -0.137. The van der Waals surface area contributed by atoms with Crippen LogP contribution in [0.15, 0.2) is 59.7 Å². The van der Waals surface area contributed by atoms with Gasteiger partial charge in [0.05, 0.1) is 23.1 Å². The molecule has 44 heavy (non-hydrogen) atoms. The number of aromatic amines is 1. The maximum absolute atomic E-state index is 13.1. The van der Waals surface area contributed by atoms with Crippen molar-refractivity contribution in [3.63, 3.8) is 0 Å². The molecule has 236 valence electrons. The minimum atomic E-state index is -4.40. The maximum atomic E-state index is 13.1. The summed E-state index contributed by atoms with van der Waals surface area (Å²) in [5, 5.41) is 5.74. The van der Waals surface area contributed by atoms with E-state index in [2.05, 4.69) is 33.6 Å². The van der Waals surface area contributed by atoms with Gasteiger partial charge in [0.25, 0.3) is 0 Å². The van der Waals surface area contributed by atoms with Crippen LogP contribution in [0.1, 0.15) is 99.9 Å². The number of fused-ring (bicyclic) bond motifs is 1. The number of nitrogens with zero attached hydrogens (tertiary/aromatic N) is 2. The highest BCUT2D eigenvalue weighted by atomic mass is 19.4. The SMILES string of the molecule is CCC1=Nc2ccccc2C(CCC(=O)NCC(CCCCCC(=O)NC)c2ncc(-c3ccc(C(F)(F)F)cc3)[nH]2)CC1. The molecule has 0 saturated carbocycles. The van der Waals surface area contributed by atoms with Gasteiger partial charge in [-0.15, -0.1) is 0 Å². The Morgan fingerprint density at radius 3 is 2.52 bits per heavy atom. The molecule has 2 atom stereocenters. The minimum absolute atomic E-state index is 0.00908. The molecule has 0 spiro atoms. The zero-order valence-corrected chi connectivity index (χ0v) is 25.5. The number of hydrogen-bond acceptors (Lipinski definition) is 4. The van der Waals surface area contributed by atoms with Crippen LogP contribution in [-0.4, -0.2) is 41.1 Å². The Morgan fingerprint density at radius 2 is 1.80 bits per heavy atom. The number of rotatable bonds is 14. The van der Waals surface area contributed by atoms with Crippen LogP contribution >= 0.6 is 0 Å². The first-order chi connectivity index (χ1) is 21.2. The van der Waals surface area contributed by atoms with E-state index in [0.717, 1.165) is 69.2 Å². The molecule has 2 heterocycles. The monoisotopic (exact) mass is 609 g/mol. The van der Waals surface area contributed by atoms with Crippen molar-refractivity contribution < 1.29 is 22.8 Å². The third-order valence-electron chi connectivity index (χ3n) is 8.35. The first kappa shape index (κ1) is 33.0. The molecule has 2 amide bonds. The van der Waals surface area contributed by atoms with Gasteiger partial charge < -0.3 is 15.6 Å². The predicted molar refractivity (Wildman–Crippen MR) is 167 cm³/mol. The number of carbonyl (C=O) groups excluding carboxylic acids is 2. The lowest BCUT2D eigenvalue weighted by Gasteiger charge is -2.18. The smallest absolute Gasteiger partial charge is 0.359 e. The summed E-state index contributed by atoms with van der Waals surface area (Å²) >= 11 is 0. The summed E-state index contributed by atoms with van der Waals surface area (Å²) in [6, 6.07) is 13.2. The van der Waals surface area contributed by atoms with E-state index >= 15 is 0 Å². The Labute approximate surface area is 257 Å². The van der Waals surface area contributed by atoms with E-state index in [0.29, 0.717) is 36.5 Å². The summed E-state index contributed by atoms with van der Waals surface area (Å²) in [5.41, 5.74) is 3.91. The standard InChI is InChI=1S/C34H42F3N5O2/c1-3-27-19-15-23(28-10-7-8-11-29(28)41-27)16-20-32(44)39-21-25(9-5-4-6-12-31(43)38-2)33-40-22-30(42-33)24-13-17-26(18-14-24)34(35,36)37/h7-8,10-11,13-14,17-18,22-23,25H,3-6,9,12,15-16,19-21H2,1-2H3,(H,38,43)(H,39,44)(H,40,42). The molecule has 1 aliphatic rings. The van der Waals surface area contributed by atoms with E-state index in [9.17, 15) is 22.8 Å². The molecule has 0 radical (unpaired) electrons. The molecule has 3 aromatic rings. The number of unbranched alkanes of at least 4 members (excludes halogenated alkanes) is 2. The molecule has 0 bridgehead atoms. The first-order valence-electron chi connectivity index (χ1n) is 15.5. The topological polar surface area (TPSA) is 99.2 Å². The number of alkyl halides is 3. The number of para-hydroxylation sites is 1. The van der Waals surface area contributed by atoms with Crippen LogP contribution in [0.5, 0.6) is 0 Å². The Balaban J connectivity index is 1.38. The van der Waals surface area contributed by atoms with Gasteiger partial charge in [0.2, 0.25) is 11.8 Å². The van der Waals surface area contributed by atoms with Gasteiger partial charge in [0.15, 0.2) is 0 Å². The molecule has 1 aromatic heterocycles. The summed E-state index contributed by atoms with van der Waals surface area (Å²) in [4.78, 5) is 37.3. The molecule has 2 aromatic carbocycles. The van der Waals surface area contributed by atoms with Crippen molar-refractivity contribution in [2.24, 2.45) is 4.99 Å². The molecular formula is C34H42F3N5O2. The Bertz CT molecular complexity index is 1410. The fraction of sp³-hybridized carbons (Fsp3) is 0.471. The average Bonchev–Trinajstić information content (AvgIpc) is 3.44. The normalized spacial score (nSPS) is 15.6. The molecular weight excluding hydrogens is 567 g/mol. The molecule has 10 heteroatoms. The number of H-pyrrole nitrogens is 1. The number of aliphatic imine (C=N–C) groups is 1. The summed E-state index contributed by atoms with van der Waals surface area (Å²) in [6.07, 6.45) is 4.83. The molecule has 0 aliphatic carbocycles. The van der Waals surface area contributed by atoms with E-state index in [1.54, 1.807) is 13.2 Å². The summed E-state index contributed by atoms with van der Waals surface area (Å²) in [7, 11) is 1.62. The highest BCUT2D eigenvalue weighted by Gasteiger charge is 2.30. The second-order valence-electron chi connectivity index (χ2n) is 11.4. The van der Waals surface area contributed by atoms with Crippen LogP contribution in [0.25, 0.3) is 11.3 Å². The van der Waals surface area contributed by atoms with Gasteiger partial charge in [-0.05, 0) is 73.8 Å². The lowest BCUT2D eigenvalue weighted by atomic mass is 9.89. The number of benzene rings is 2. The van der Waals surface area contributed by atoms with Crippen molar-refractivity contribution in [2.75, 3.05) is 13.6 Å². The van der Waals surface area contributed by atoms with Gasteiger partial charge in [-0.2, -0.15) is 13.2 Å². The van der Waals surface area contributed by atoms with Crippen LogP contribution in [0.3, 0.4) is 0 Å². The maximum Gasteiger partial charge on any atom is 0.416 e. The number of amides is 2. The van der Waals surface area contributed by atoms with Crippen molar-refractivity contribution in [3.8, 4) is 11.3 Å². The van der Waals surface area contributed by atoms with Crippen LogP contribution < -0.4 is 10.6 Å². The summed E-state index contributed by atoms with van der Waals surface area (Å²) < 4.78 is 39.0. The number of hydrogen-bond donors (Lipinski definition) is 3.